The van der Waals surface area contributed by atoms with Gasteiger partial charge in [-0.05, 0) is 36.9 Å². The smallest absolute Gasteiger partial charge is 0.242 e. The van der Waals surface area contributed by atoms with E-state index in [1.807, 2.05) is 22.7 Å². The van der Waals surface area contributed by atoms with Gasteiger partial charge in [-0.2, -0.15) is 0 Å². The molecule has 0 aliphatic heterocycles. The monoisotopic (exact) mass is 263 g/mol. The van der Waals surface area contributed by atoms with Crippen molar-refractivity contribution in [1.29, 1.82) is 0 Å². The molecule has 1 saturated carbocycles. The summed E-state index contributed by atoms with van der Waals surface area (Å²) in [5.74, 6) is 0.871. The van der Waals surface area contributed by atoms with Gasteiger partial charge in [0.15, 0.2) is 0 Å². The second kappa shape index (κ2) is 6.24. The summed E-state index contributed by atoms with van der Waals surface area (Å²) in [5.41, 5.74) is 1.24. The van der Waals surface area contributed by atoms with Gasteiger partial charge in [0, 0.05) is 32.0 Å². The van der Waals surface area contributed by atoms with Gasteiger partial charge in [0.2, 0.25) is 5.91 Å². The Balaban J connectivity index is 1.78. The number of rotatable bonds is 7. The van der Waals surface area contributed by atoms with Crippen molar-refractivity contribution in [3.05, 3.63) is 24.0 Å². The number of nitrogens with zero attached hydrogens (tertiary/aromatic N) is 2. The molecule has 1 aliphatic rings. The van der Waals surface area contributed by atoms with Crippen LogP contribution >= 0.6 is 0 Å². The molecule has 1 N–H and O–H groups in total. The maximum atomic E-state index is 12.0. The first-order valence-corrected chi connectivity index (χ1v) is 7.17. The van der Waals surface area contributed by atoms with E-state index in [2.05, 4.69) is 31.4 Å². The maximum absolute atomic E-state index is 12.0. The summed E-state index contributed by atoms with van der Waals surface area (Å²) in [6, 6.07) is 2.58. The van der Waals surface area contributed by atoms with Crippen LogP contribution in [0.15, 0.2) is 18.5 Å². The third-order valence-electron chi connectivity index (χ3n) is 3.50. The Hall–Kier alpha value is -1.29. The number of aromatic nitrogens is 1. The van der Waals surface area contributed by atoms with E-state index in [-0.39, 0.29) is 5.91 Å². The van der Waals surface area contributed by atoms with Crippen molar-refractivity contribution < 1.29 is 4.79 Å². The van der Waals surface area contributed by atoms with Gasteiger partial charge in [0.25, 0.3) is 0 Å². The molecule has 0 spiro atoms. The lowest BCUT2D eigenvalue weighted by Gasteiger charge is -2.16. The predicted molar refractivity (Wildman–Crippen MR) is 76.8 cm³/mol. The molecule has 1 heterocycles. The van der Waals surface area contributed by atoms with Gasteiger partial charge in [0.05, 0.1) is 0 Å². The topological polar surface area (TPSA) is 37.3 Å². The SMILES string of the molecule is CC(C)CNCc1ccn(CC(=O)N(C)C2CC2)c1. The van der Waals surface area contributed by atoms with Crippen LogP contribution in [0.5, 0.6) is 0 Å². The third kappa shape index (κ3) is 4.39. The molecule has 0 bridgehead atoms. The Morgan fingerprint density at radius 1 is 1.53 bits per heavy atom. The second-order valence-corrected chi connectivity index (χ2v) is 5.95. The highest BCUT2D eigenvalue weighted by molar-refractivity contribution is 5.76. The van der Waals surface area contributed by atoms with Crippen LogP contribution < -0.4 is 5.32 Å². The van der Waals surface area contributed by atoms with Crippen LogP contribution in [-0.2, 0) is 17.9 Å². The zero-order valence-electron chi connectivity index (χ0n) is 12.2. The second-order valence-electron chi connectivity index (χ2n) is 5.95. The van der Waals surface area contributed by atoms with Gasteiger partial charge in [-0.1, -0.05) is 13.8 Å². The Kier molecular flexibility index (Phi) is 4.64. The quantitative estimate of drug-likeness (QED) is 0.815. The minimum absolute atomic E-state index is 0.208. The Labute approximate surface area is 115 Å². The van der Waals surface area contributed by atoms with Crippen molar-refractivity contribution in [2.45, 2.75) is 45.8 Å². The summed E-state index contributed by atoms with van der Waals surface area (Å²) >= 11 is 0. The highest BCUT2D eigenvalue weighted by atomic mass is 16.2. The Morgan fingerprint density at radius 3 is 2.89 bits per heavy atom. The van der Waals surface area contributed by atoms with E-state index in [0.29, 0.717) is 18.5 Å². The van der Waals surface area contributed by atoms with Gasteiger partial charge >= 0.3 is 0 Å². The molecular formula is C15H25N3O. The molecular weight excluding hydrogens is 238 g/mol. The van der Waals surface area contributed by atoms with E-state index in [1.54, 1.807) is 0 Å². The molecule has 0 atom stereocenters. The zero-order valence-corrected chi connectivity index (χ0v) is 12.2. The molecule has 1 aromatic rings. The van der Waals surface area contributed by atoms with Crippen LogP contribution in [0.2, 0.25) is 0 Å². The van der Waals surface area contributed by atoms with Gasteiger partial charge < -0.3 is 14.8 Å². The molecule has 106 valence electrons. The lowest BCUT2D eigenvalue weighted by atomic mass is 10.2. The minimum atomic E-state index is 0.208. The van der Waals surface area contributed by atoms with E-state index in [1.165, 1.54) is 5.56 Å². The minimum Gasteiger partial charge on any atom is -0.345 e. The maximum Gasteiger partial charge on any atom is 0.242 e. The normalized spacial score (nSPS) is 14.9. The Bertz CT molecular complexity index is 421. The number of amides is 1. The summed E-state index contributed by atoms with van der Waals surface area (Å²) in [7, 11) is 1.91. The van der Waals surface area contributed by atoms with E-state index in [0.717, 1.165) is 25.9 Å². The molecule has 2 rings (SSSR count). The molecule has 4 nitrogen and oxygen atoms in total. The molecule has 0 unspecified atom stereocenters. The molecule has 0 radical (unpaired) electrons. The first kappa shape index (κ1) is 14.1. The number of likely N-dealkylation sites (N-methyl/N-ethyl adjacent to an activating group) is 1. The van der Waals surface area contributed by atoms with Crippen molar-refractivity contribution in [3.8, 4) is 0 Å². The van der Waals surface area contributed by atoms with Crippen LogP contribution in [0, 0.1) is 5.92 Å². The molecule has 1 fully saturated rings. The zero-order chi connectivity index (χ0) is 13.8. The summed E-state index contributed by atoms with van der Waals surface area (Å²) in [5, 5.41) is 3.41. The van der Waals surface area contributed by atoms with Crippen LogP contribution in [0.1, 0.15) is 32.3 Å². The average Bonchev–Trinajstić information content (AvgIpc) is 3.11. The van der Waals surface area contributed by atoms with E-state index < -0.39 is 0 Å². The fraction of sp³-hybridized carbons (Fsp3) is 0.667. The van der Waals surface area contributed by atoms with Crippen molar-refractivity contribution in [3.63, 3.8) is 0 Å². The molecule has 19 heavy (non-hydrogen) atoms. The summed E-state index contributed by atoms with van der Waals surface area (Å²) in [6.45, 7) is 6.75. The molecule has 1 aliphatic carbocycles. The van der Waals surface area contributed by atoms with E-state index in [9.17, 15) is 4.79 Å². The van der Waals surface area contributed by atoms with Crippen molar-refractivity contribution in [2.75, 3.05) is 13.6 Å². The average molecular weight is 263 g/mol. The molecule has 0 aromatic carbocycles. The highest BCUT2D eigenvalue weighted by Crippen LogP contribution is 2.25. The summed E-state index contributed by atoms with van der Waals surface area (Å²) in [6.07, 6.45) is 6.38. The lowest BCUT2D eigenvalue weighted by Crippen LogP contribution is -2.31. The first-order chi connectivity index (χ1) is 9.06. The molecule has 1 amide bonds. The largest absolute Gasteiger partial charge is 0.345 e. The first-order valence-electron chi connectivity index (χ1n) is 7.17. The van der Waals surface area contributed by atoms with Crippen molar-refractivity contribution in [1.82, 2.24) is 14.8 Å². The van der Waals surface area contributed by atoms with E-state index >= 15 is 0 Å². The number of hydrogen-bond acceptors (Lipinski definition) is 2. The Morgan fingerprint density at radius 2 is 2.26 bits per heavy atom. The van der Waals surface area contributed by atoms with Gasteiger partial charge in [-0.25, -0.2) is 0 Å². The van der Waals surface area contributed by atoms with Gasteiger partial charge in [0.1, 0.15) is 6.54 Å². The number of carbonyl (C=O) groups is 1. The van der Waals surface area contributed by atoms with Crippen LogP contribution in [0.4, 0.5) is 0 Å². The highest BCUT2D eigenvalue weighted by Gasteiger charge is 2.29. The standard InChI is InChI=1S/C15H25N3O/c1-12(2)8-16-9-13-6-7-18(10-13)11-15(19)17(3)14-4-5-14/h6-7,10,12,14,16H,4-5,8-9,11H2,1-3H3. The fourth-order valence-corrected chi connectivity index (χ4v) is 2.13. The number of nitrogens with one attached hydrogen (secondary N) is 1. The third-order valence-corrected chi connectivity index (χ3v) is 3.50. The number of hydrogen-bond donors (Lipinski definition) is 1. The lowest BCUT2D eigenvalue weighted by molar-refractivity contribution is -0.131. The molecule has 1 aromatic heterocycles. The molecule has 4 heteroatoms. The fourth-order valence-electron chi connectivity index (χ4n) is 2.13. The van der Waals surface area contributed by atoms with Crippen LogP contribution in [0.25, 0.3) is 0 Å². The van der Waals surface area contributed by atoms with Crippen molar-refractivity contribution >= 4 is 5.91 Å². The molecule has 0 saturated heterocycles. The van der Waals surface area contributed by atoms with Gasteiger partial charge in [-0.3, -0.25) is 4.79 Å². The van der Waals surface area contributed by atoms with Crippen LogP contribution in [-0.4, -0.2) is 35.0 Å². The van der Waals surface area contributed by atoms with E-state index in [4.69, 9.17) is 0 Å². The predicted octanol–water partition coefficient (Wildman–Crippen LogP) is 1.85. The van der Waals surface area contributed by atoms with Gasteiger partial charge in [-0.15, -0.1) is 0 Å². The summed E-state index contributed by atoms with van der Waals surface area (Å²) in [4.78, 5) is 13.9. The van der Waals surface area contributed by atoms with Crippen LogP contribution in [0.3, 0.4) is 0 Å². The van der Waals surface area contributed by atoms with Crippen molar-refractivity contribution in [2.24, 2.45) is 5.92 Å². The number of carbonyl (C=O) groups excluding carboxylic acids is 1. The summed E-state index contributed by atoms with van der Waals surface area (Å²) < 4.78 is 1.98.